The van der Waals surface area contributed by atoms with E-state index < -0.39 is 11.7 Å². The Balaban J connectivity index is 1.87. The molecule has 0 radical (unpaired) electrons. The van der Waals surface area contributed by atoms with Crippen molar-refractivity contribution in [2.24, 2.45) is 0 Å². The Kier molecular flexibility index (Phi) is 8.29. The molecule has 1 amide bonds. The van der Waals surface area contributed by atoms with E-state index in [-0.39, 0.29) is 41.9 Å². The number of carbonyl (C=O) groups is 2. The van der Waals surface area contributed by atoms with Crippen LogP contribution >= 0.6 is 11.6 Å². The van der Waals surface area contributed by atoms with Gasteiger partial charge in [-0.3, -0.25) is 9.59 Å². The summed E-state index contributed by atoms with van der Waals surface area (Å²) in [5, 5.41) is 17.6. The van der Waals surface area contributed by atoms with Crippen LogP contribution < -0.4 is 16.0 Å². The molecule has 3 rings (SSSR count). The van der Waals surface area contributed by atoms with Gasteiger partial charge >= 0.3 is 0 Å². The highest BCUT2D eigenvalue weighted by atomic mass is 35.5. The Bertz CT molecular complexity index is 1240. The molecule has 0 saturated carbocycles. The quantitative estimate of drug-likeness (QED) is 0.321. The van der Waals surface area contributed by atoms with Gasteiger partial charge in [0.15, 0.2) is 11.6 Å². The standard InChI is InChI=1S/C24H23ClFN5O3/c1-3-16(33)11-15-6-4-5-7-20(15)29-22-18(25)13-28-24(31-22)30-21-12-17(19(26)10-14(21)2)23(34)27-8-9-32/h3-7,10,12-13,32H,1,8-9,11H2,2H3,(H,27,34)(H2,28,29,30,31). The lowest BCUT2D eigenvalue weighted by Crippen LogP contribution is -2.27. The van der Waals surface area contributed by atoms with Crippen molar-refractivity contribution in [3.05, 3.63) is 82.8 Å². The molecule has 10 heteroatoms. The van der Waals surface area contributed by atoms with Crippen LogP contribution in [0.15, 0.2) is 55.3 Å². The van der Waals surface area contributed by atoms with Gasteiger partial charge in [0, 0.05) is 24.3 Å². The van der Waals surface area contributed by atoms with Crippen LogP contribution in [0.25, 0.3) is 0 Å². The Labute approximate surface area is 200 Å². The zero-order valence-corrected chi connectivity index (χ0v) is 19.1. The van der Waals surface area contributed by atoms with E-state index in [1.807, 2.05) is 18.2 Å². The van der Waals surface area contributed by atoms with Gasteiger partial charge in [0.05, 0.1) is 18.4 Å². The SMILES string of the molecule is C=CC(=O)Cc1ccccc1Nc1nc(Nc2cc(C(=O)NCCO)c(F)cc2C)ncc1Cl. The Morgan fingerprint density at radius 2 is 1.97 bits per heavy atom. The van der Waals surface area contributed by atoms with Gasteiger partial charge in [0.25, 0.3) is 5.91 Å². The Morgan fingerprint density at radius 3 is 2.71 bits per heavy atom. The summed E-state index contributed by atoms with van der Waals surface area (Å²) in [5.41, 5.74) is 2.14. The van der Waals surface area contributed by atoms with Crippen LogP contribution in [-0.2, 0) is 11.2 Å². The van der Waals surface area contributed by atoms with Gasteiger partial charge in [0.2, 0.25) is 5.95 Å². The molecule has 4 N–H and O–H groups in total. The van der Waals surface area contributed by atoms with E-state index >= 15 is 0 Å². The second-order valence-corrected chi connectivity index (χ2v) is 7.68. The summed E-state index contributed by atoms with van der Waals surface area (Å²) in [6.45, 7) is 4.91. The number of aryl methyl sites for hydroxylation is 1. The molecular weight excluding hydrogens is 461 g/mol. The third-order valence-corrected chi connectivity index (χ3v) is 5.09. The Hall–Kier alpha value is -3.82. The maximum absolute atomic E-state index is 14.3. The van der Waals surface area contributed by atoms with E-state index in [0.29, 0.717) is 22.8 Å². The van der Waals surface area contributed by atoms with Gasteiger partial charge in [-0.1, -0.05) is 36.4 Å². The number of ketones is 1. The van der Waals surface area contributed by atoms with Crippen LogP contribution in [0.4, 0.5) is 27.5 Å². The molecule has 1 aromatic heterocycles. The van der Waals surface area contributed by atoms with Gasteiger partial charge < -0.3 is 21.1 Å². The summed E-state index contributed by atoms with van der Waals surface area (Å²) in [7, 11) is 0. The minimum atomic E-state index is -0.691. The molecule has 2 aromatic carbocycles. The lowest BCUT2D eigenvalue weighted by molar-refractivity contribution is -0.114. The fourth-order valence-electron chi connectivity index (χ4n) is 3.07. The lowest BCUT2D eigenvalue weighted by Gasteiger charge is -2.14. The van der Waals surface area contributed by atoms with Crippen LogP contribution in [0, 0.1) is 12.7 Å². The number of halogens is 2. The van der Waals surface area contributed by atoms with E-state index in [1.165, 1.54) is 24.4 Å². The molecule has 3 aromatic rings. The van der Waals surface area contributed by atoms with Crippen LogP contribution in [0.2, 0.25) is 5.02 Å². The summed E-state index contributed by atoms with van der Waals surface area (Å²) in [6, 6.07) is 9.79. The second kappa shape index (κ2) is 11.4. The summed E-state index contributed by atoms with van der Waals surface area (Å²) in [5.74, 6) is -1.03. The smallest absolute Gasteiger partial charge is 0.254 e. The number of hydrogen-bond acceptors (Lipinski definition) is 7. The van der Waals surface area contributed by atoms with Crippen LogP contribution in [0.3, 0.4) is 0 Å². The fraction of sp³-hybridized carbons (Fsp3) is 0.167. The minimum absolute atomic E-state index is 0.00407. The van der Waals surface area contributed by atoms with Crippen molar-refractivity contribution in [3.63, 3.8) is 0 Å². The van der Waals surface area contributed by atoms with Crippen molar-refractivity contribution in [3.8, 4) is 0 Å². The van der Waals surface area contributed by atoms with Gasteiger partial charge in [-0.05, 0) is 42.3 Å². The zero-order chi connectivity index (χ0) is 24.7. The first-order valence-corrected chi connectivity index (χ1v) is 10.7. The molecule has 34 heavy (non-hydrogen) atoms. The molecule has 0 aliphatic carbocycles. The number of amides is 1. The number of rotatable bonds is 10. The normalized spacial score (nSPS) is 10.5. The van der Waals surface area contributed by atoms with E-state index in [9.17, 15) is 14.0 Å². The molecule has 0 fully saturated rings. The van der Waals surface area contributed by atoms with E-state index in [2.05, 4.69) is 32.5 Å². The molecule has 0 atom stereocenters. The van der Waals surface area contributed by atoms with Crippen LogP contribution in [-0.4, -0.2) is 39.9 Å². The zero-order valence-electron chi connectivity index (χ0n) is 18.4. The summed E-state index contributed by atoms with van der Waals surface area (Å²) >= 11 is 6.28. The van der Waals surface area contributed by atoms with Gasteiger partial charge in [-0.25, -0.2) is 9.37 Å². The predicted molar refractivity (Wildman–Crippen MR) is 130 cm³/mol. The monoisotopic (exact) mass is 483 g/mol. The van der Waals surface area contributed by atoms with Crippen molar-refractivity contribution in [1.29, 1.82) is 0 Å². The van der Waals surface area contributed by atoms with Crippen molar-refractivity contribution < 1.29 is 19.1 Å². The molecule has 0 aliphatic rings. The molecule has 0 saturated heterocycles. The topological polar surface area (TPSA) is 116 Å². The first kappa shape index (κ1) is 24.8. The Morgan fingerprint density at radius 1 is 1.21 bits per heavy atom. The predicted octanol–water partition coefficient (Wildman–Crippen LogP) is 4.08. The fourth-order valence-corrected chi connectivity index (χ4v) is 3.20. The van der Waals surface area contributed by atoms with Crippen molar-refractivity contribution in [2.45, 2.75) is 13.3 Å². The lowest BCUT2D eigenvalue weighted by atomic mass is 10.1. The largest absolute Gasteiger partial charge is 0.395 e. The highest BCUT2D eigenvalue weighted by molar-refractivity contribution is 6.33. The highest BCUT2D eigenvalue weighted by Gasteiger charge is 2.16. The number of allylic oxidation sites excluding steroid dienone is 1. The second-order valence-electron chi connectivity index (χ2n) is 7.27. The van der Waals surface area contributed by atoms with Crippen LogP contribution in [0.1, 0.15) is 21.5 Å². The molecule has 0 unspecified atom stereocenters. The molecule has 0 aliphatic heterocycles. The summed E-state index contributed by atoms with van der Waals surface area (Å²) in [4.78, 5) is 32.6. The third kappa shape index (κ3) is 6.15. The number of aliphatic hydroxyl groups excluding tert-OH is 1. The number of hydrogen-bond donors (Lipinski definition) is 4. The molecule has 0 bridgehead atoms. The van der Waals surface area contributed by atoms with Crippen molar-refractivity contribution in [2.75, 3.05) is 23.8 Å². The third-order valence-electron chi connectivity index (χ3n) is 4.81. The number of benzene rings is 2. The van der Waals surface area contributed by atoms with Crippen molar-refractivity contribution in [1.82, 2.24) is 15.3 Å². The average molecular weight is 484 g/mol. The molecule has 176 valence electrons. The van der Waals surface area contributed by atoms with Gasteiger partial charge in [-0.15, -0.1) is 0 Å². The molecule has 8 nitrogen and oxygen atoms in total. The first-order chi connectivity index (χ1) is 16.3. The number of aromatic nitrogens is 2. The minimum Gasteiger partial charge on any atom is -0.395 e. The average Bonchev–Trinajstić information content (AvgIpc) is 2.82. The number of para-hydroxylation sites is 1. The summed E-state index contributed by atoms with van der Waals surface area (Å²) in [6.07, 6.45) is 2.82. The van der Waals surface area contributed by atoms with Gasteiger partial charge in [0.1, 0.15) is 10.8 Å². The molecule has 0 spiro atoms. The van der Waals surface area contributed by atoms with E-state index in [4.69, 9.17) is 16.7 Å². The van der Waals surface area contributed by atoms with Crippen LogP contribution in [0.5, 0.6) is 0 Å². The number of aliphatic hydroxyl groups is 1. The van der Waals surface area contributed by atoms with E-state index in [0.717, 1.165) is 5.56 Å². The maximum atomic E-state index is 14.3. The van der Waals surface area contributed by atoms with Crippen molar-refractivity contribution >= 4 is 46.4 Å². The number of anilines is 4. The maximum Gasteiger partial charge on any atom is 0.254 e. The van der Waals surface area contributed by atoms with E-state index in [1.54, 1.807) is 13.0 Å². The van der Waals surface area contributed by atoms with Gasteiger partial charge in [-0.2, -0.15) is 4.98 Å². The molecular formula is C24H23ClFN5O3. The number of nitrogens with zero attached hydrogens (tertiary/aromatic N) is 2. The summed E-state index contributed by atoms with van der Waals surface area (Å²) < 4.78 is 14.3. The number of carbonyl (C=O) groups excluding carboxylic acids is 2. The highest BCUT2D eigenvalue weighted by Crippen LogP contribution is 2.28. The first-order valence-electron chi connectivity index (χ1n) is 10.3. The molecule has 1 heterocycles. The number of nitrogens with one attached hydrogen (secondary N) is 3.